The molecule has 0 amide bonds. The molecule has 0 aliphatic rings. The molecule has 1 N–H and O–H groups in total. The molecule has 3 aromatic carbocycles. The van der Waals surface area contributed by atoms with Crippen LogP contribution in [-0.4, -0.2) is 21.5 Å². The van der Waals surface area contributed by atoms with Crippen LogP contribution in [0.15, 0.2) is 89.8 Å². The summed E-state index contributed by atoms with van der Waals surface area (Å²) in [6, 6.07) is 24.0. The zero-order chi connectivity index (χ0) is 18.8. The summed E-state index contributed by atoms with van der Waals surface area (Å²) < 4.78 is 14.3. The first-order valence-corrected chi connectivity index (χ1v) is 8.60. The van der Waals surface area contributed by atoms with Gasteiger partial charge in [-0.2, -0.15) is 6.07 Å². The normalized spacial score (nSPS) is 10.6. The van der Waals surface area contributed by atoms with Crippen molar-refractivity contribution in [3.8, 4) is 0 Å². The molecule has 0 aromatic heterocycles. The third-order valence-corrected chi connectivity index (χ3v) is 4.11. The molecule has 0 fully saturated rings. The average molecular weight is 390 g/mol. The minimum Gasteiger partial charge on any atom is -0.376 e. The van der Waals surface area contributed by atoms with Crippen LogP contribution in [0.1, 0.15) is 21.5 Å². The molecule has 5 nitrogen and oxygen atoms in total. The van der Waals surface area contributed by atoms with Crippen molar-refractivity contribution in [3.05, 3.63) is 102 Å². The summed E-state index contributed by atoms with van der Waals surface area (Å²) in [4.78, 5) is 23.2. The summed E-state index contributed by atoms with van der Waals surface area (Å²) in [6.45, 7) is 0. The first-order valence-electron chi connectivity index (χ1n) is 7.53. The molecule has 0 aliphatic heterocycles. The molecule has 0 spiro atoms. The third-order valence-electron chi connectivity index (χ3n) is 3.32. The maximum Gasteiger partial charge on any atom is 1.00 e. The Kier molecular flexibility index (Phi) is 10.7. The Morgan fingerprint density at radius 2 is 1.37 bits per heavy atom. The van der Waals surface area contributed by atoms with Gasteiger partial charge < -0.3 is 9.59 Å². The molecule has 0 saturated heterocycles. The summed E-state index contributed by atoms with van der Waals surface area (Å²) in [6.07, 6.45) is 1.78. The van der Waals surface area contributed by atoms with Crippen molar-refractivity contribution in [2.24, 2.45) is 0 Å². The standard InChI is InChI=1S/C14H9O2.C6H6O3S.Na/c15-10-12-8-4-5-9-13(12)14(16)11-6-2-1-3-7-11;7-9-10(8)6-4-2-1-3-5-6;/h1-9H;1-5,7H;/q-1;;+1. The van der Waals surface area contributed by atoms with Crippen molar-refractivity contribution in [1.82, 2.24) is 0 Å². The van der Waals surface area contributed by atoms with Gasteiger partial charge in [0, 0.05) is 5.56 Å². The Bertz CT molecular complexity index is 885. The molecular formula is C20H15NaO5S. The van der Waals surface area contributed by atoms with Crippen LogP contribution < -0.4 is 29.6 Å². The first kappa shape index (κ1) is 23.1. The Morgan fingerprint density at radius 3 is 1.93 bits per heavy atom. The monoisotopic (exact) mass is 390 g/mol. The maximum absolute atomic E-state index is 12.0. The smallest absolute Gasteiger partial charge is 0.376 e. The zero-order valence-electron chi connectivity index (χ0n) is 14.6. The van der Waals surface area contributed by atoms with E-state index < -0.39 is 11.1 Å². The summed E-state index contributed by atoms with van der Waals surface area (Å²) in [5, 5.41) is 7.99. The molecule has 0 bridgehead atoms. The van der Waals surface area contributed by atoms with Crippen LogP contribution in [-0.2, 0) is 20.2 Å². The van der Waals surface area contributed by atoms with Crippen LogP contribution in [0.5, 0.6) is 0 Å². The fourth-order valence-corrected chi connectivity index (χ4v) is 2.56. The molecule has 0 heterocycles. The zero-order valence-corrected chi connectivity index (χ0v) is 17.4. The Labute approximate surface area is 181 Å². The Balaban J connectivity index is 0.000000288. The molecule has 3 rings (SSSR count). The van der Waals surface area contributed by atoms with Gasteiger partial charge in [-0.1, -0.05) is 60.2 Å². The van der Waals surface area contributed by atoms with Gasteiger partial charge in [-0.25, -0.2) is 9.47 Å². The second-order valence-electron chi connectivity index (χ2n) is 4.97. The van der Waals surface area contributed by atoms with E-state index >= 15 is 0 Å². The second kappa shape index (κ2) is 12.5. The average Bonchev–Trinajstić information content (AvgIpc) is 2.74. The minimum absolute atomic E-state index is 0. The Morgan fingerprint density at radius 1 is 0.852 bits per heavy atom. The van der Waals surface area contributed by atoms with Gasteiger partial charge in [0.1, 0.15) is 5.78 Å². The van der Waals surface area contributed by atoms with Gasteiger partial charge in [0.05, 0.1) is 11.2 Å². The van der Waals surface area contributed by atoms with Gasteiger partial charge in [-0.3, -0.25) is 0 Å². The number of rotatable bonds is 5. The quantitative estimate of drug-likeness (QED) is 0.227. The maximum atomic E-state index is 12.0. The molecule has 0 aliphatic carbocycles. The van der Waals surface area contributed by atoms with Gasteiger partial charge in [-0.05, 0) is 12.1 Å². The van der Waals surface area contributed by atoms with E-state index in [0.717, 1.165) is 0 Å². The van der Waals surface area contributed by atoms with Crippen molar-refractivity contribution in [2.75, 3.05) is 0 Å². The number of hydrogen-bond donors (Lipinski definition) is 1. The van der Waals surface area contributed by atoms with Crippen molar-refractivity contribution in [3.63, 3.8) is 0 Å². The van der Waals surface area contributed by atoms with Crippen LogP contribution in [0, 0.1) is 0 Å². The van der Waals surface area contributed by atoms with E-state index in [0.29, 0.717) is 21.6 Å². The van der Waals surface area contributed by atoms with E-state index in [-0.39, 0.29) is 35.3 Å². The van der Waals surface area contributed by atoms with E-state index in [1.807, 2.05) is 6.07 Å². The summed E-state index contributed by atoms with van der Waals surface area (Å²) in [7, 11) is 0. The van der Waals surface area contributed by atoms with E-state index in [1.54, 1.807) is 85.1 Å². The van der Waals surface area contributed by atoms with E-state index in [9.17, 15) is 13.8 Å². The molecule has 0 saturated carbocycles. The molecule has 3 aromatic rings. The van der Waals surface area contributed by atoms with Crippen LogP contribution in [0.25, 0.3) is 0 Å². The number of ketones is 1. The summed E-state index contributed by atoms with van der Waals surface area (Å²) >= 11 is -1.73. The van der Waals surface area contributed by atoms with Gasteiger partial charge in [0.2, 0.25) is 11.1 Å². The molecule has 1 unspecified atom stereocenters. The van der Waals surface area contributed by atoms with Crippen molar-refractivity contribution >= 4 is 23.1 Å². The van der Waals surface area contributed by atoms with E-state index in [1.165, 1.54) is 0 Å². The fraction of sp³-hybridized carbons (Fsp3) is 0. The van der Waals surface area contributed by atoms with Crippen LogP contribution >= 0.6 is 0 Å². The molecule has 27 heavy (non-hydrogen) atoms. The Hall–Kier alpha value is -1.93. The van der Waals surface area contributed by atoms with Crippen molar-refractivity contribution in [2.45, 2.75) is 4.90 Å². The van der Waals surface area contributed by atoms with Gasteiger partial charge in [0.25, 0.3) is 0 Å². The second-order valence-corrected chi connectivity index (χ2v) is 6.05. The fourth-order valence-electron chi connectivity index (χ4n) is 2.09. The predicted octanol–water partition coefficient (Wildman–Crippen LogP) is 0.578. The third kappa shape index (κ3) is 6.95. The first-order chi connectivity index (χ1) is 12.7. The van der Waals surface area contributed by atoms with Gasteiger partial charge in [0.15, 0.2) is 0 Å². The number of carbonyl (C=O) groups excluding carboxylic acids is 2. The number of carbonyl (C=O) groups is 1. The number of hydrogen-bond acceptors (Lipinski definition) is 5. The molecule has 132 valence electrons. The summed E-state index contributed by atoms with van der Waals surface area (Å²) in [5.41, 5.74) is 1.27. The van der Waals surface area contributed by atoms with Crippen LogP contribution in [0.3, 0.4) is 0 Å². The molecule has 0 radical (unpaired) electrons. The molecule has 1 atom stereocenters. The predicted molar refractivity (Wildman–Crippen MR) is 97.7 cm³/mol. The van der Waals surface area contributed by atoms with E-state index in [2.05, 4.69) is 4.33 Å². The largest absolute Gasteiger partial charge is 1.00 e. The number of benzene rings is 3. The van der Waals surface area contributed by atoms with E-state index in [4.69, 9.17) is 5.26 Å². The van der Waals surface area contributed by atoms with Gasteiger partial charge in [-0.15, -0.1) is 22.0 Å². The van der Waals surface area contributed by atoms with Crippen molar-refractivity contribution in [1.29, 1.82) is 0 Å². The minimum atomic E-state index is -1.73. The molecule has 7 heteroatoms. The molecular weight excluding hydrogens is 375 g/mol. The van der Waals surface area contributed by atoms with Gasteiger partial charge >= 0.3 is 29.6 Å². The van der Waals surface area contributed by atoms with Crippen molar-refractivity contribution < 1.29 is 52.9 Å². The van der Waals surface area contributed by atoms with Crippen LogP contribution in [0.2, 0.25) is 0 Å². The topological polar surface area (TPSA) is 80.7 Å². The van der Waals surface area contributed by atoms with Crippen LogP contribution in [0.4, 0.5) is 0 Å². The summed E-state index contributed by atoms with van der Waals surface area (Å²) in [5.74, 6) is -0.153. The SMILES string of the molecule is O=S(OO)c1ccccc1.O=[C-]c1ccccc1C(=O)c1ccccc1.[Na+].